The molecule has 2 heterocycles. The van der Waals surface area contributed by atoms with Gasteiger partial charge < -0.3 is 15.3 Å². The van der Waals surface area contributed by atoms with Crippen LogP contribution in [0.1, 0.15) is 103 Å². The fourth-order valence-electron chi connectivity index (χ4n) is 4.24. The maximum Gasteiger partial charge on any atom is 0.258 e. The Labute approximate surface area is 259 Å². The van der Waals surface area contributed by atoms with Gasteiger partial charge in [-0.2, -0.15) is 0 Å². The van der Waals surface area contributed by atoms with Gasteiger partial charge in [0, 0.05) is 30.6 Å². The normalized spacial score (nSPS) is 14.5. The molecular formula is C36H51FN4O2. The molecule has 0 fully saturated rings. The first-order valence-electron chi connectivity index (χ1n) is 14.9. The van der Waals surface area contributed by atoms with Crippen molar-refractivity contribution in [2.75, 3.05) is 13.6 Å². The summed E-state index contributed by atoms with van der Waals surface area (Å²) in [6.45, 7) is 20.6. The van der Waals surface area contributed by atoms with Gasteiger partial charge in [0.05, 0.1) is 17.8 Å². The van der Waals surface area contributed by atoms with E-state index in [2.05, 4.69) is 47.4 Å². The quantitative estimate of drug-likeness (QED) is 0.171. The van der Waals surface area contributed by atoms with Crippen LogP contribution in [0, 0.1) is 12.3 Å². The minimum Gasteiger partial charge on any atom is -0.505 e. The van der Waals surface area contributed by atoms with Crippen molar-refractivity contribution >= 4 is 30.1 Å². The predicted molar refractivity (Wildman–Crippen MR) is 184 cm³/mol. The van der Waals surface area contributed by atoms with Crippen molar-refractivity contribution in [3.8, 4) is 18.1 Å². The van der Waals surface area contributed by atoms with Crippen molar-refractivity contribution in [3.63, 3.8) is 0 Å². The van der Waals surface area contributed by atoms with Crippen molar-refractivity contribution in [3.05, 3.63) is 75.9 Å². The molecule has 2 aliphatic heterocycles. The SMILES string of the molecule is C#CC.C/C=C\C1=C(CC)NCC(C)=N1.C=Nc1c(/C=C(\C)CC/C=C\C(F)=C/CC)cc2c(c1O)C(=O)N(C)C2.CC. The number of benzene rings is 1. The van der Waals surface area contributed by atoms with Gasteiger partial charge in [0.2, 0.25) is 0 Å². The number of phenolic OH excluding ortho intramolecular Hbond substituents is 1. The number of amides is 1. The van der Waals surface area contributed by atoms with E-state index >= 15 is 0 Å². The maximum absolute atomic E-state index is 13.3. The van der Waals surface area contributed by atoms with E-state index in [-0.39, 0.29) is 17.5 Å². The molecule has 0 bridgehead atoms. The molecule has 0 saturated carbocycles. The summed E-state index contributed by atoms with van der Waals surface area (Å²) in [5.74, 6) is 1.71. The Kier molecular flexibility index (Phi) is 19.4. The number of carbonyl (C=O) groups excluding carboxylic acids is 1. The van der Waals surface area contributed by atoms with Crippen molar-refractivity contribution in [1.29, 1.82) is 0 Å². The van der Waals surface area contributed by atoms with Gasteiger partial charge in [-0.15, -0.1) is 12.3 Å². The van der Waals surface area contributed by atoms with Gasteiger partial charge in [0.1, 0.15) is 11.5 Å². The second kappa shape index (κ2) is 21.5. The van der Waals surface area contributed by atoms with Crippen LogP contribution in [0.15, 0.2) is 69.2 Å². The summed E-state index contributed by atoms with van der Waals surface area (Å²) in [6.07, 6.45) is 18.6. The minimum atomic E-state index is -0.218. The van der Waals surface area contributed by atoms with E-state index < -0.39 is 0 Å². The number of nitrogens with one attached hydrogen (secondary N) is 1. The third-order valence-electron chi connectivity index (χ3n) is 6.15. The second-order valence-electron chi connectivity index (χ2n) is 9.65. The molecule has 2 N–H and O–H groups in total. The molecule has 1 amide bonds. The zero-order valence-electron chi connectivity index (χ0n) is 27.6. The number of phenols is 1. The van der Waals surface area contributed by atoms with Crippen LogP contribution in [0.5, 0.6) is 5.75 Å². The summed E-state index contributed by atoms with van der Waals surface area (Å²) in [6, 6.07) is 1.88. The minimum absolute atomic E-state index is 0.113. The van der Waals surface area contributed by atoms with Crippen LogP contribution < -0.4 is 5.32 Å². The highest BCUT2D eigenvalue weighted by Crippen LogP contribution is 2.41. The number of rotatable bonds is 9. The van der Waals surface area contributed by atoms with Gasteiger partial charge in [0.15, 0.2) is 5.75 Å². The average Bonchev–Trinajstić information content (AvgIpc) is 3.26. The van der Waals surface area contributed by atoms with Crippen molar-refractivity contribution in [2.24, 2.45) is 9.98 Å². The van der Waals surface area contributed by atoms with E-state index in [0.29, 0.717) is 30.6 Å². The van der Waals surface area contributed by atoms with E-state index in [9.17, 15) is 14.3 Å². The molecular weight excluding hydrogens is 539 g/mol. The molecule has 6 nitrogen and oxygen atoms in total. The maximum atomic E-state index is 13.3. The third kappa shape index (κ3) is 12.7. The van der Waals surface area contributed by atoms with Crippen LogP contribution in [-0.4, -0.2) is 41.9 Å². The third-order valence-corrected chi connectivity index (χ3v) is 6.15. The molecule has 1 aromatic carbocycles. The summed E-state index contributed by atoms with van der Waals surface area (Å²) in [7, 11) is 1.70. The highest BCUT2D eigenvalue weighted by molar-refractivity contribution is 6.03. The van der Waals surface area contributed by atoms with Crippen LogP contribution >= 0.6 is 0 Å². The lowest BCUT2D eigenvalue weighted by molar-refractivity contribution is 0.0814. The molecule has 1 aromatic rings. The molecule has 0 spiro atoms. The van der Waals surface area contributed by atoms with Gasteiger partial charge in [-0.1, -0.05) is 51.5 Å². The first kappa shape index (κ1) is 38.8. The number of fused-ring (bicyclic) bond motifs is 1. The summed E-state index contributed by atoms with van der Waals surface area (Å²) in [5, 5.41) is 13.8. The average molecular weight is 591 g/mol. The van der Waals surface area contributed by atoms with Crippen LogP contribution in [0.3, 0.4) is 0 Å². The lowest BCUT2D eigenvalue weighted by atomic mass is 9.99. The number of allylic oxidation sites excluding steroid dienone is 8. The zero-order valence-corrected chi connectivity index (χ0v) is 27.6. The van der Waals surface area contributed by atoms with Gasteiger partial charge in [0.25, 0.3) is 5.91 Å². The summed E-state index contributed by atoms with van der Waals surface area (Å²) >= 11 is 0. The Bertz CT molecular complexity index is 1310. The summed E-state index contributed by atoms with van der Waals surface area (Å²) < 4.78 is 13.3. The molecule has 2 aliphatic rings. The molecule has 234 valence electrons. The molecule has 3 rings (SSSR count). The number of aromatic hydroxyl groups is 1. The zero-order chi connectivity index (χ0) is 32.9. The van der Waals surface area contributed by atoms with Gasteiger partial charge in [-0.3, -0.25) is 14.8 Å². The van der Waals surface area contributed by atoms with Crippen LogP contribution in [0.25, 0.3) is 6.08 Å². The van der Waals surface area contributed by atoms with E-state index in [0.717, 1.165) is 47.5 Å². The molecule has 0 unspecified atom stereocenters. The summed E-state index contributed by atoms with van der Waals surface area (Å²) in [4.78, 5) is 22.1. The van der Waals surface area contributed by atoms with Crippen molar-refractivity contribution in [2.45, 2.75) is 87.6 Å². The number of carbonyl (C=O) groups is 1. The van der Waals surface area contributed by atoms with Crippen LogP contribution in [-0.2, 0) is 6.54 Å². The Morgan fingerprint density at radius 1 is 1.35 bits per heavy atom. The fourth-order valence-corrected chi connectivity index (χ4v) is 4.24. The largest absolute Gasteiger partial charge is 0.505 e. The monoisotopic (exact) mass is 590 g/mol. The van der Waals surface area contributed by atoms with E-state index in [1.165, 1.54) is 17.8 Å². The molecule has 43 heavy (non-hydrogen) atoms. The highest BCUT2D eigenvalue weighted by atomic mass is 19.1. The predicted octanol–water partition coefficient (Wildman–Crippen LogP) is 9.23. The first-order valence-corrected chi connectivity index (χ1v) is 14.9. The number of hydrogen-bond acceptors (Lipinski definition) is 5. The second-order valence-corrected chi connectivity index (χ2v) is 9.65. The fraction of sp³-hybridized carbons (Fsp3) is 0.417. The molecule has 0 saturated heterocycles. The topological polar surface area (TPSA) is 77.3 Å². The Balaban J connectivity index is 0.000000861. The lowest BCUT2D eigenvalue weighted by Crippen LogP contribution is -2.25. The molecule has 0 aliphatic carbocycles. The Hall–Kier alpha value is -4.18. The number of terminal acetylenes is 1. The van der Waals surface area contributed by atoms with E-state index in [1.54, 1.807) is 24.9 Å². The number of hydrogen-bond donors (Lipinski definition) is 2. The number of halogens is 1. The lowest BCUT2D eigenvalue weighted by Gasteiger charge is -2.16. The van der Waals surface area contributed by atoms with E-state index in [1.807, 2.05) is 59.8 Å². The highest BCUT2D eigenvalue weighted by Gasteiger charge is 2.30. The Morgan fingerprint density at radius 2 is 2.00 bits per heavy atom. The van der Waals surface area contributed by atoms with E-state index in [4.69, 9.17) is 0 Å². The molecule has 7 heteroatoms. The van der Waals surface area contributed by atoms with Gasteiger partial charge in [-0.05, 0) is 90.0 Å². The molecule has 0 radical (unpaired) electrons. The first-order chi connectivity index (χ1) is 20.6. The molecule has 0 aromatic heterocycles. The molecule has 0 atom stereocenters. The standard InChI is InChI=1S/C21H25FN2O2.C10H16N2.C3H4.C2H6/c1-5-8-17(22)10-7-6-9-14(2)11-15-12-16-13-24(4)21(26)18(16)20(25)19(15)23-3;1-4-6-10-9(5-2)11-7-8(3)12-10;1-3-2;1-2/h7-8,10-12,25H,3,5-6,9,13H2,1-2,4H3;4,6,11H,5,7H2,1-3H3;1H,2H3;1-2H3/b10-7-,14-11+,17-8+;6-4-;;. The van der Waals surface area contributed by atoms with Gasteiger partial charge in [-0.25, -0.2) is 4.39 Å². The number of aliphatic imine (C=N–C) groups is 2. The Morgan fingerprint density at radius 3 is 2.56 bits per heavy atom. The summed E-state index contributed by atoms with van der Waals surface area (Å²) in [5.41, 5.74) is 6.70. The van der Waals surface area contributed by atoms with Crippen molar-refractivity contribution < 1.29 is 14.3 Å². The van der Waals surface area contributed by atoms with Crippen LogP contribution in [0.4, 0.5) is 10.1 Å². The van der Waals surface area contributed by atoms with Crippen LogP contribution in [0.2, 0.25) is 0 Å². The van der Waals surface area contributed by atoms with Crippen molar-refractivity contribution in [1.82, 2.24) is 10.2 Å². The van der Waals surface area contributed by atoms with Gasteiger partial charge >= 0.3 is 0 Å². The number of nitrogens with zero attached hydrogens (tertiary/aromatic N) is 3. The smallest absolute Gasteiger partial charge is 0.258 e.